The highest BCUT2D eigenvalue weighted by molar-refractivity contribution is 5.92. The maximum Gasteiger partial charge on any atom is 0.407 e. The van der Waals surface area contributed by atoms with E-state index in [9.17, 15) is 19.2 Å². The van der Waals surface area contributed by atoms with E-state index in [1.807, 2.05) is 34.6 Å². The Morgan fingerprint density at radius 2 is 1.61 bits per heavy atom. The summed E-state index contributed by atoms with van der Waals surface area (Å²) >= 11 is 0. The molecule has 10 heteroatoms. The van der Waals surface area contributed by atoms with E-state index < -0.39 is 47.2 Å². The van der Waals surface area contributed by atoms with Crippen LogP contribution >= 0.6 is 0 Å². The predicted molar refractivity (Wildman–Crippen MR) is 136 cm³/mol. The minimum atomic E-state index is -0.864. The van der Waals surface area contributed by atoms with E-state index in [1.54, 1.807) is 25.7 Å². The summed E-state index contributed by atoms with van der Waals surface area (Å²) in [4.78, 5) is 53.0. The van der Waals surface area contributed by atoms with Crippen molar-refractivity contribution in [3.05, 3.63) is 0 Å². The number of fused-ring (bicyclic) bond motifs is 1. The van der Waals surface area contributed by atoms with E-state index in [1.165, 1.54) is 7.11 Å². The lowest BCUT2D eigenvalue weighted by atomic mass is 9.85. The Bertz CT molecular complexity index is 857. The van der Waals surface area contributed by atoms with E-state index in [4.69, 9.17) is 9.47 Å². The number of rotatable bonds is 7. The molecule has 1 aliphatic heterocycles. The average molecular weight is 511 g/mol. The van der Waals surface area contributed by atoms with Crippen molar-refractivity contribution in [2.75, 3.05) is 20.2 Å². The molecule has 0 unspecified atom stereocenters. The summed E-state index contributed by atoms with van der Waals surface area (Å²) in [6, 6.07) is -2.43. The van der Waals surface area contributed by atoms with Crippen molar-refractivity contribution in [3.8, 4) is 0 Å². The molecule has 10 nitrogen and oxygen atoms in total. The number of methoxy groups -OCH3 is 1. The molecule has 2 fully saturated rings. The maximum atomic E-state index is 13.7. The highest BCUT2D eigenvalue weighted by Gasteiger charge is 2.70. The minimum Gasteiger partial charge on any atom is -0.467 e. The number of nitrogens with one attached hydrogen (secondary N) is 3. The topological polar surface area (TPSA) is 126 Å². The average Bonchev–Trinajstić information content (AvgIpc) is 3.06. The van der Waals surface area contributed by atoms with Crippen LogP contribution in [0.1, 0.15) is 69.2 Å². The van der Waals surface area contributed by atoms with Crippen LogP contribution < -0.4 is 16.0 Å². The van der Waals surface area contributed by atoms with E-state index in [2.05, 4.69) is 29.8 Å². The number of likely N-dealkylation sites (tertiary alicyclic amines) is 1. The zero-order valence-electron chi connectivity index (χ0n) is 23.8. The smallest absolute Gasteiger partial charge is 0.407 e. The first-order chi connectivity index (χ1) is 16.3. The molecule has 1 saturated heterocycles. The normalized spacial score (nSPS) is 24.3. The Morgan fingerprint density at radius 3 is 2.08 bits per heavy atom. The standard InChI is InChI=1S/C26H46N4O6/c1-14(2)16(12-27-23(34)36-25(6,7)8)28-22(33)29-19(24(3,4)5)20(31)30-13-15-17(26(15,9)10)18(30)21(32)35-11/h14-19H,12-13H2,1-11H3,(H,27,34)(H2,28,29,33)/t15-,16+,17-,18-,19+/m0/s1. The second-order valence-corrected chi connectivity index (χ2v) is 13.1. The summed E-state index contributed by atoms with van der Waals surface area (Å²) in [6.07, 6.45) is -0.567. The zero-order chi connectivity index (χ0) is 27.8. The van der Waals surface area contributed by atoms with Crippen LogP contribution in [0.5, 0.6) is 0 Å². The van der Waals surface area contributed by atoms with Crippen LogP contribution in [0.15, 0.2) is 0 Å². The first kappa shape index (κ1) is 29.7. The van der Waals surface area contributed by atoms with Gasteiger partial charge in [0.05, 0.1) is 13.2 Å². The summed E-state index contributed by atoms with van der Waals surface area (Å²) < 4.78 is 10.3. The van der Waals surface area contributed by atoms with E-state index in [0.717, 1.165) is 0 Å². The van der Waals surface area contributed by atoms with E-state index in [0.29, 0.717) is 6.54 Å². The number of carbonyl (C=O) groups excluding carboxylic acids is 4. The number of piperidine rings is 1. The van der Waals surface area contributed by atoms with Crippen molar-refractivity contribution in [1.82, 2.24) is 20.9 Å². The fraction of sp³-hybridized carbons (Fsp3) is 0.846. The monoisotopic (exact) mass is 510 g/mol. The SMILES string of the molecule is COC(=O)[C@@H]1[C@@H]2[C@H](CN1C(=O)[C@@H](NC(=O)N[C@H](CNC(=O)OC(C)(C)C)C(C)C)C(C)(C)C)C2(C)C. The van der Waals surface area contributed by atoms with Crippen molar-refractivity contribution in [1.29, 1.82) is 0 Å². The van der Waals surface area contributed by atoms with Crippen LogP contribution in [0.25, 0.3) is 0 Å². The molecular weight excluding hydrogens is 464 g/mol. The lowest BCUT2D eigenvalue weighted by Crippen LogP contribution is -2.61. The Labute approximate surface area is 215 Å². The van der Waals surface area contributed by atoms with Crippen molar-refractivity contribution >= 4 is 24.0 Å². The Hall–Kier alpha value is -2.52. The first-order valence-corrected chi connectivity index (χ1v) is 12.7. The molecule has 4 amide bonds. The van der Waals surface area contributed by atoms with Gasteiger partial charge in [-0.2, -0.15) is 0 Å². The first-order valence-electron chi connectivity index (χ1n) is 12.7. The van der Waals surface area contributed by atoms with E-state index in [-0.39, 0.29) is 35.6 Å². The van der Waals surface area contributed by atoms with Crippen molar-refractivity contribution in [2.45, 2.75) is 93.0 Å². The molecular formula is C26H46N4O6. The van der Waals surface area contributed by atoms with E-state index >= 15 is 0 Å². The molecule has 2 aliphatic rings. The molecule has 0 bridgehead atoms. The molecule has 0 aromatic carbocycles. The van der Waals surface area contributed by atoms with Gasteiger partial charge in [-0.15, -0.1) is 0 Å². The van der Waals surface area contributed by atoms with Gasteiger partial charge in [-0.25, -0.2) is 14.4 Å². The Kier molecular flexibility index (Phi) is 8.63. The molecule has 0 radical (unpaired) electrons. The summed E-state index contributed by atoms with van der Waals surface area (Å²) in [7, 11) is 1.33. The number of amides is 4. The quantitative estimate of drug-likeness (QED) is 0.452. The van der Waals surface area contributed by atoms with Gasteiger partial charge in [-0.3, -0.25) is 4.79 Å². The molecule has 0 aromatic rings. The molecule has 1 aliphatic carbocycles. The van der Waals surface area contributed by atoms with Gasteiger partial charge in [-0.1, -0.05) is 48.5 Å². The van der Waals surface area contributed by atoms with Gasteiger partial charge in [0.1, 0.15) is 17.7 Å². The lowest BCUT2D eigenvalue weighted by molar-refractivity contribution is -0.154. The number of alkyl carbamates (subject to hydrolysis) is 1. The minimum absolute atomic E-state index is 0.00565. The van der Waals surface area contributed by atoms with Crippen molar-refractivity contribution < 1.29 is 28.7 Å². The zero-order valence-corrected chi connectivity index (χ0v) is 23.8. The number of hydrogen-bond donors (Lipinski definition) is 3. The van der Waals surface area contributed by atoms with Gasteiger partial charge in [0.15, 0.2) is 0 Å². The summed E-state index contributed by atoms with van der Waals surface area (Å²) in [5, 5.41) is 8.40. The van der Waals surface area contributed by atoms with Crippen LogP contribution in [-0.4, -0.2) is 72.8 Å². The van der Waals surface area contributed by atoms with Gasteiger partial charge in [0.25, 0.3) is 0 Å². The molecule has 206 valence electrons. The second kappa shape index (κ2) is 10.5. The molecule has 0 spiro atoms. The number of esters is 1. The highest BCUT2D eigenvalue weighted by Crippen LogP contribution is 2.65. The third-order valence-corrected chi connectivity index (χ3v) is 7.31. The van der Waals surface area contributed by atoms with Crippen molar-refractivity contribution in [2.24, 2.45) is 28.6 Å². The number of ether oxygens (including phenoxy) is 2. The predicted octanol–water partition coefficient (Wildman–Crippen LogP) is 2.91. The third-order valence-electron chi connectivity index (χ3n) is 7.31. The van der Waals surface area contributed by atoms with Gasteiger partial charge in [0.2, 0.25) is 5.91 Å². The van der Waals surface area contributed by atoms with Crippen LogP contribution in [0.3, 0.4) is 0 Å². The van der Waals surface area contributed by atoms with Gasteiger partial charge in [-0.05, 0) is 43.4 Å². The number of urea groups is 1. The molecule has 36 heavy (non-hydrogen) atoms. The highest BCUT2D eigenvalue weighted by atomic mass is 16.6. The molecule has 1 heterocycles. The van der Waals surface area contributed by atoms with Crippen LogP contribution in [0, 0.1) is 28.6 Å². The molecule has 2 rings (SSSR count). The van der Waals surface area contributed by atoms with Crippen LogP contribution in [0.2, 0.25) is 0 Å². The molecule has 5 atom stereocenters. The fourth-order valence-corrected chi connectivity index (χ4v) is 5.02. The Morgan fingerprint density at radius 1 is 1.03 bits per heavy atom. The molecule has 1 saturated carbocycles. The van der Waals surface area contributed by atoms with Crippen molar-refractivity contribution in [3.63, 3.8) is 0 Å². The van der Waals surface area contributed by atoms with Crippen LogP contribution in [-0.2, 0) is 19.1 Å². The number of hydrogen-bond acceptors (Lipinski definition) is 6. The van der Waals surface area contributed by atoms with Gasteiger partial charge >= 0.3 is 18.1 Å². The fourth-order valence-electron chi connectivity index (χ4n) is 5.02. The molecule has 3 N–H and O–H groups in total. The second-order valence-electron chi connectivity index (χ2n) is 13.1. The Balaban J connectivity index is 2.10. The third kappa shape index (κ3) is 6.82. The van der Waals surface area contributed by atoms with Gasteiger partial charge in [0, 0.05) is 19.0 Å². The molecule has 0 aromatic heterocycles. The number of carbonyl (C=O) groups is 4. The maximum absolute atomic E-state index is 13.7. The lowest BCUT2D eigenvalue weighted by Gasteiger charge is -2.37. The summed E-state index contributed by atoms with van der Waals surface area (Å²) in [5.41, 5.74) is -1.27. The summed E-state index contributed by atoms with van der Waals surface area (Å²) in [5.74, 6) is -0.446. The van der Waals surface area contributed by atoms with Crippen LogP contribution in [0.4, 0.5) is 9.59 Å². The number of nitrogens with zero attached hydrogens (tertiary/aromatic N) is 1. The largest absolute Gasteiger partial charge is 0.467 e. The van der Waals surface area contributed by atoms with Gasteiger partial charge < -0.3 is 30.3 Å². The summed E-state index contributed by atoms with van der Waals surface area (Å²) in [6.45, 7) is 19.6.